The van der Waals surface area contributed by atoms with Crippen molar-refractivity contribution in [2.45, 2.75) is 25.7 Å². The summed E-state index contributed by atoms with van der Waals surface area (Å²) in [5, 5.41) is 0. The van der Waals surface area contributed by atoms with Crippen molar-refractivity contribution < 1.29 is 9.53 Å². The predicted octanol–water partition coefficient (Wildman–Crippen LogP) is 1.62. The van der Waals surface area contributed by atoms with E-state index < -0.39 is 0 Å². The minimum Gasteiger partial charge on any atom is -0.375 e. The molecular formula is C15H20N4O2. The Morgan fingerprint density at radius 1 is 1.48 bits per heavy atom. The fourth-order valence-electron chi connectivity index (χ4n) is 2.88. The minimum atomic E-state index is 0.0755. The topological polar surface area (TPSA) is 71.1 Å². The van der Waals surface area contributed by atoms with Crippen LogP contribution in [0.15, 0.2) is 12.3 Å². The maximum absolute atomic E-state index is 11.8. The Labute approximate surface area is 123 Å². The van der Waals surface area contributed by atoms with Crippen LogP contribution in [0.25, 0.3) is 11.2 Å². The molecule has 0 aliphatic carbocycles. The van der Waals surface area contributed by atoms with Crippen molar-refractivity contribution in [3.8, 4) is 0 Å². The summed E-state index contributed by atoms with van der Waals surface area (Å²) in [7, 11) is 1.55. The van der Waals surface area contributed by atoms with E-state index in [1.54, 1.807) is 13.3 Å². The number of rotatable bonds is 3. The van der Waals surface area contributed by atoms with Crippen LogP contribution >= 0.6 is 0 Å². The summed E-state index contributed by atoms with van der Waals surface area (Å²) < 4.78 is 4.91. The number of ether oxygens (including phenoxy) is 1. The van der Waals surface area contributed by atoms with Crippen LogP contribution in [0.3, 0.4) is 0 Å². The standard InChI is InChI=1S/C15H20N4O2/c1-10-8-16-13-7-12(18-15(13)17-10)11-3-5-19(6-4-11)14(20)9-21-2/h7-8,11H,3-6,9H2,1-2H3,(H,17,18). The number of carbonyl (C=O) groups excluding carboxylic acids is 1. The number of nitrogens with one attached hydrogen (secondary N) is 1. The van der Waals surface area contributed by atoms with Gasteiger partial charge in [-0.2, -0.15) is 0 Å². The highest BCUT2D eigenvalue weighted by Gasteiger charge is 2.24. The van der Waals surface area contributed by atoms with Crippen LogP contribution in [0.5, 0.6) is 0 Å². The Kier molecular flexibility index (Phi) is 3.88. The molecule has 1 amide bonds. The van der Waals surface area contributed by atoms with Crippen molar-refractivity contribution in [3.63, 3.8) is 0 Å². The zero-order valence-electron chi connectivity index (χ0n) is 12.4. The second kappa shape index (κ2) is 5.81. The first-order chi connectivity index (χ1) is 10.2. The highest BCUT2D eigenvalue weighted by molar-refractivity contribution is 5.77. The highest BCUT2D eigenvalue weighted by Crippen LogP contribution is 2.29. The molecule has 2 aromatic heterocycles. The summed E-state index contributed by atoms with van der Waals surface area (Å²) in [6, 6.07) is 2.08. The molecule has 0 atom stereocenters. The molecule has 0 radical (unpaired) electrons. The third-order valence-corrected chi connectivity index (χ3v) is 4.03. The second-order valence-corrected chi connectivity index (χ2v) is 5.56. The Balaban J connectivity index is 1.69. The number of likely N-dealkylation sites (tertiary alicyclic amines) is 1. The molecule has 3 rings (SSSR count). The molecule has 0 aromatic carbocycles. The van der Waals surface area contributed by atoms with Crippen molar-refractivity contribution in [3.05, 3.63) is 23.7 Å². The van der Waals surface area contributed by atoms with E-state index in [2.05, 4.69) is 21.0 Å². The average molecular weight is 288 g/mol. The molecule has 1 saturated heterocycles. The first-order valence-corrected chi connectivity index (χ1v) is 7.26. The average Bonchev–Trinajstić information content (AvgIpc) is 2.90. The van der Waals surface area contributed by atoms with Gasteiger partial charge < -0.3 is 14.6 Å². The maximum Gasteiger partial charge on any atom is 0.248 e. The molecule has 1 aliphatic heterocycles. The van der Waals surface area contributed by atoms with Crippen LogP contribution in [0.2, 0.25) is 0 Å². The fraction of sp³-hybridized carbons (Fsp3) is 0.533. The molecule has 1 fully saturated rings. The van der Waals surface area contributed by atoms with Gasteiger partial charge in [-0.05, 0) is 25.8 Å². The van der Waals surface area contributed by atoms with Crippen molar-refractivity contribution in [2.24, 2.45) is 0 Å². The minimum absolute atomic E-state index is 0.0755. The molecule has 0 unspecified atom stereocenters. The summed E-state index contributed by atoms with van der Waals surface area (Å²) in [6.45, 7) is 3.67. The van der Waals surface area contributed by atoms with Crippen LogP contribution in [0.4, 0.5) is 0 Å². The normalized spacial score (nSPS) is 16.6. The van der Waals surface area contributed by atoms with E-state index in [4.69, 9.17) is 4.74 Å². The first kappa shape index (κ1) is 14.0. The van der Waals surface area contributed by atoms with Crippen LogP contribution < -0.4 is 0 Å². The molecular weight excluding hydrogens is 268 g/mol. The second-order valence-electron chi connectivity index (χ2n) is 5.56. The Bertz CT molecular complexity index is 644. The van der Waals surface area contributed by atoms with Gasteiger partial charge in [-0.3, -0.25) is 9.78 Å². The zero-order chi connectivity index (χ0) is 14.8. The van der Waals surface area contributed by atoms with Crippen LogP contribution in [-0.4, -0.2) is 52.6 Å². The van der Waals surface area contributed by atoms with Gasteiger partial charge in [0.25, 0.3) is 0 Å². The van der Waals surface area contributed by atoms with Gasteiger partial charge in [0.1, 0.15) is 12.1 Å². The fourth-order valence-corrected chi connectivity index (χ4v) is 2.88. The van der Waals surface area contributed by atoms with E-state index in [1.807, 2.05) is 11.8 Å². The number of aromatic nitrogens is 3. The van der Waals surface area contributed by atoms with E-state index in [1.165, 1.54) is 5.69 Å². The first-order valence-electron chi connectivity index (χ1n) is 7.26. The van der Waals surface area contributed by atoms with Crippen molar-refractivity contribution in [1.82, 2.24) is 19.9 Å². The number of carbonyl (C=O) groups is 1. The molecule has 0 spiro atoms. The predicted molar refractivity (Wildman–Crippen MR) is 79.1 cm³/mol. The quantitative estimate of drug-likeness (QED) is 0.931. The Morgan fingerprint density at radius 2 is 2.24 bits per heavy atom. The molecule has 21 heavy (non-hydrogen) atoms. The summed E-state index contributed by atoms with van der Waals surface area (Å²) in [5.41, 5.74) is 3.85. The lowest BCUT2D eigenvalue weighted by Gasteiger charge is -2.31. The molecule has 6 nitrogen and oxygen atoms in total. The number of methoxy groups -OCH3 is 1. The van der Waals surface area contributed by atoms with Gasteiger partial charge in [-0.15, -0.1) is 0 Å². The van der Waals surface area contributed by atoms with Crippen molar-refractivity contribution in [2.75, 3.05) is 26.8 Å². The molecule has 0 bridgehead atoms. The van der Waals surface area contributed by atoms with E-state index >= 15 is 0 Å². The lowest BCUT2D eigenvalue weighted by molar-refractivity contribution is -0.136. The van der Waals surface area contributed by atoms with E-state index in [-0.39, 0.29) is 12.5 Å². The number of fused-ring (bicyclic) bond motifs is 1. The monoisotopic (exact) mass is 288 g/mol. The number of aromatic amines is 1. The lowest BCUT2D eigenvalue weighted by atomic mass is 9.93. The van der Waals surface area contributed by atoms with Gasteiger partial charge in [0.2, 0.25) is 5.91 Å². The third-order valence-electron chi connectivity index (χ3n) is 4.03. The molecule has 112 valence electrons. The number of hydrogen-bond acceptors (Lipinski definition) is 4. The van der Waals surface area contributed by atoms with Gasteiger partial charge in [-0.25, -0.2) is 4.98 Å². The Morgan fingerprint density at radius 3 is 2.95 bits per heavy atom. The van der Waals surface area contributed by atoms with Crippen LogP contribution in [0, 0.1) is 6.92 Å². The molecule has 1 N–H and O–H groups in total. The van der Waals surface area contributed by atoms with E-state index in [0.29, 0.717) is 5.92 Å². The van der Waals surface area contributed by atoms with Gasteiger partial charge in [0, 0.05) is 38.0 Å². The lowest BCUT2D eigenvalue weighted by Crippen LogP contribution is -2.39. The van der Waals surface area contributed by atoms with Gasteiger partial charge in [-0.1, -0.05) is 0 Å². The van der Waals surface area contributed by atoms with E-state index in [9.17, 15) is 4.79 Å². The van der Waals surface area contributed by atoms with Gasteiger partial charge in [0.15, 0.2) is 5.65 Å². The van der Waals surface area contributed by atoms with Gasteiger partial charge >= 0.3 is 0 Å². The summed E-state index contributed by atoms with van der Waals surface area (Å²) in [4.78, 5) is 25.9. The highest BCUT2D eigenvalue weighted by atomic mass is 16.5. The van der Waals surface area contributed by atoms with Crippen molar-refractivity contribution in [1.29, 1.82) is 0 Å². The van der Waals surface area contributed by atoms with Gasteiger partial charge in [0.05, 0.1) is 5.69 Å². The third kappa shape index (κ3) is 2.90. The van der Waals surface area contributed by atoms with E-state index in [0.717, 1.165) is 42.8 Å². The summed E-state index contributed by atoms with van der Waals surface area (Å²) in [5.74, 6) is 0.513. The zero-order valence-corrected chi connectivity index (χ0v) is 12.4. The number of amides is 1. The van der Waals surface area contributed by atoms with Crippen molar-refractivity contribution >= 4 is 17.1 Å². The number of piperidine rings is 1. The SMILES string of the molecule is COCC(=O)N1CCC(c2cc3ncc(C)nc3[nH]2)CC1. The smallest absolute Gasteiger partial charge is 0.248 e. The molecule has 0 saturated carbocycles. The number of aryl methyl sites for hydroxylation is 1. The summed E-state index contributed by atoms with van der Waals surface area (Å²) >= 11 is 0. The van der Waals surface area contributed by atoms with Crippen LogP contribution in [0.1, 0.15) is 30.1 Å². The largest absolute Gasteiger partial charge is 0.375 e. The number of hydrogen-bond donors (Lipinski definition) is 1. The van der Waals surface area contributed by atoms with Crippen LogP contribution in [-0.2, 0) is 9.53 Å². The number of nitrogens with zero attached hydrogens (tertiary/aromatic N) is 3. The molecule has 6 heteroatoms. The number of H-pyrrole nitrogens is 1. The molecule has 3 heterocycles. The molecule has 1 aliphatic rings. The Hall–Kier alpha value is -1.95. The summed E-state index contributed by atoms with van der Waals surface area (Å²) in [6.07, 6.45) is 3.70. The molecule has 2 aromatic rings. The maximum atomic E-state index is 11.8.